The zero-order chi connectivity index (χ0) is 10.2. The van der Waals surface area contributed by atoms with E-state index >= 15 is 0 Å². The Bertz CT molecular complexity index is 297. The average Bonchev–Trinajstić information content (AvgIpc) is 2.31. The average molecular weight is 180 g/mol. The van der Waals surface area contributed by atoms with E-state index in [1.54, 1.807) is 0 Å². The topological polar surface area (TPSA) is 17.8 Å². The van der Waals surface area contributed by atoms with Crippen molar-refractivity contribution in [2.45, 2.75) is 47.6 Å². The lowest BCUT2D eigenvalue weighted by Crippen LogP contribution is -2.14. The molecule has 0 saturated heterocycles. The smallest absolute Gasteiger partial charge is 0.0625 e. The van der Waals surface area contributed by atoms with E-state index in [-0.39, 0.29) is 0 Å². The molecule has 0 amide bonds. The molecule has 0 bridgehead atoms. The van der Waals surface area contributed by atoms with E-state index in [1.807, 2.05) is 0 Å². The number of rotatable bonds is 2. The Labute approximate surface area is 81.0 Å². The first-order valence-corrected chi connectivity index (χ1v) is 4.97. The highest BCUT2D eigenvalue weighted by Gasteiger charge is 2.15. The zero-order valence-corrected chi connectivity index (χ0v) is 9.55. The van der Waals surface area contributed by atoms with E-state index in [0.29, 0.717) is 12.0 Å². The maximum Gasteiger partial charge on any atom is 0.0625 e. The third kappa shape index (κ3) is 1.77. The maximum atomic E-state index is 4.55. The second-order valence-electron chi connectivity index (χ2n) is 4.23. The third-order valence-corrected chi connectivity index (χ3v) is 3.04. The monoisotopic (exact) mass is 180 g/mol. The molecule has 0 aromatic carbocycles. The molecule has 0 radical (unpaired) electrons. The van der Waals surface area contributed by atoms with E-state index in [4.69, 9.17) is 0 Å². The summed E-state index contributed by atoms with van der Waals surface area (Å²) >= 11 is 0. The molecule has 0 spiro atoms. The van der Waals surface area contributed by atoms with Crippen molar-refractivity contribution in [3.05, 3.63) is 17.0 Å². The van der Waals surface area contributed by atoms with Gasteiger partial charge in [-0.15, -0.1) is 0 Å². The van der Waals surface area contributed by atoms with Gasteiger partial charge in [0.25, 0.3) is 0 Å². The van der Waals surface area contributed by atoms with E-state index in [2.05, 4.69) is 51.3 Å². The molecule has 1 unspecified atom stereocenters. The first-order chi connectivity index (χ1) is 5.95. The molecule has 1 atom stereocenters. The van der Waals surface area contributed by atoms with Gasteiger partial charge in [-0.3, -0.25) is 4.68 Å². The van der Waals surface area contributed by atoms with Crippen LogP contribution in [-0.2, 0) is 0 Å². The van der Waals surface area contributed by atoms with E-state index in [9.17, 15) is 0 Å². The molecule has 1 aromatic rings. The van der Waals surface area contributed by atoms with Crippen molar-refractivity contribution in [2.75, 3.05) is 0 Å². The number of nitrogens with zero attached hydrogens (tertiary/aromatic N) is 2. The number of aromatic nitrogens is 2. The normalized spacial score (nSPS) is 13.8. The summed E-state index contributed by atoms with van der Waals surface area (Å²) in [6.07, 6.45) is 0. The van der Waals surface area contributed by atoms with Gasteiger partial charge in [-0.1, -0.05) is 13.8 Å². The molecular weight excluding hydrogens is 160 g/mol. The Balaban J connectivity index is 3.08. The molecule has 74 valence electrons. The summed E-state index contributed by atoms with van der Waals surface area (Å²) < 4.78 is 2.15. The van der Waals surface area contributed by atoms with E-state index in [1.165, 1.54) is 11.3 Å². The van der Waals surface area contributed by atoms with Crippen molar-refractivity contribution in [1.82, 2.24) is 9.78 Å². The van der Waals surface area contributed by atoms with Gasteiger partial charge in [0, 0.05) is 5.69 Å². The molecule has 0 fully saturated rings. The molecule has 2 nitrogen and oxygen atoms in total. The second-order valence-corrected chi connectivity index (χ2v) is 4.23. The lowest BCUT2D eigenvalue weighted by atomic mass is 10.1. The minimum atomic E-state index is 0.493. The highest BCUT2D eigenvalue weighted by molar-refractivity contribution is 5.22. The standard InChI is InChI=1S/C11H20N2/c1-7(2)10(5)13-11(6)8(3)9(4)12-13/h7,10H,1-6H3. The fourth-order valence-electron chi connectivity index (χ4n) is 1.42. The van der Waals surface area contributed by atoms with Gasteiger partial charge in [0.05, 0.1) is 11.7 Å². The Kier molecular flexibility index (Phi) is 2.79. The minimum absolute atomic E-state index is 0.493. The molecule has 2 heteroatoms. The Hall–Kier alpha value is -0.790. The van der Waals surface area contributed by atoms with Gasteiger partial charge in [0.2, 0.25) is 0 Å². The molecule has 0 saturated carbocycles. The van der Waals surface area contributed by atoms with Crippen LogP contribution in [0.3, 0.4) is 0 Å². The summed E-state index contributed by atoms with van der Waals surface area (Å²) in [4.78, 5) is 0. The van der Waals surface area contributed by atoms with Gasteiger partial charge in [-0.2, -0.15) is 5.10 Å². The first kappa shape index (κ1) is 10.3. The van der Waals surface area contributed by atoms with Crippen molar-refractivity contribution in [1.29, 1.82) is 0 Å². The molecule has 0 aliphatic carbocycles. The second kappa shape index (κ2) is 3.52. The fraction of sp³-hybridized carbons (Fsp3) is 0.727. The van der Waals surface area contributed by atoms with Crippen molar-refractivity contribution < 1.29 is 0 Å². The van der Waals surface area contributed by atoms with Crippen molar-refractivity contribution in [3.63, 3.8) is 0 Å². The van der Waals surface area contributed by atoms with Crippen LogP contribution in [-0.4, -0.2) is 9.78 Å². The van der Waals surface area contributed by atoms with E-state index in [0.717, 1.165) is 5.69 Å². The SMILES string of the molecule is Cc1nn(C(C)C(C)C)c(C)c1C. The van der Waals surface area contributed by atoms with Crippen molar-refractivity contribution in [3.8, 4) is 0 Å². The van der Waals surface area contributed by atoms with Crippen molar-refractivity contribution >= 4 is 0 Å². The third-order valence-electron chi connectivity index (χ3n) is 3.04. The highest BCUT2D eigenvalue weighted by atomic mass is 15.3. The van der Waals surface area contributed by atoms with Gasteiger partial charge in [0.1, 0.15) is 0 Å². The van der Waals surface area contributed by atoms with Crippen LogP contribution in [0.15, 0.2) is 0 Å². The summed E-state index contributed by atoms with van der Waals surface area (Å²) in [5.74, 6) is 0.636. The summed E-state index contributed by atoms with van der Waals surface area (Å²) in [6, 6.07) is 0.493. The van der Waals surface area contributed by atoms with Crippen molar-refractivity contribution in [2.24, 2.45) is 5.92 Å². The van der Waals surface area contributed by atoms with Gasteiger partial charge in [-0.05, 0) is 39.2 Å². The number of aryl methyl sites for hydroxylation is 1. The van der Waals surface area contributed by atoms with Gasteiger partial charge < -0.3 is 0 Å². The predicted octanol–water partition coefficient (Wildman–Crippen LogP) is 3.03. The van der Waals surface area contributed by atoms with Crippen LogP contribution in [0, 0.1) is 26.7 Å². The molecule has 0 aliphatic heterocycles. The summed E-state index contributed by atoms with van der Waals surface area (Å²) in [6.45, 7) is 13.1. The highest BCUT2D eigenvalue weighted by Crippen LogP contribution is 2.21. The predicted molar refractivity (Wildman–Crippen MR) is 56.0 cm³/mol. The van der Waals surface area contributed by atoms with Gasteiger partial charge in [-0.25, -0.2) is 0 Å². The van der Waals surface area contributed by atoms with Crippen LogP contribution in [0.5, 0.6) is 0 Å². The molecule has 1 heterocycles. The quantitative estimate of drug-likeness (QED) is 0.684. The fourth-order valence-corrected chi connectivity index (χ4v) is 1.42. The van der Waals surface area contributed by atoms with Gasteiger partial charge in [0.15, 0.2) is 0 Å². The summed E-state index contributed by atoms with van der Waals surface area (Å²) in [5.41, 5.74) is 3.79. The van der Waals surface area contributed by atoms with Crippen LogP contribution < -0.4 is 0 Å². The number of hydrogen-bond donors (Lipinski definition) is 0. The van der Waals surface area contributed by atoms with Crippen LogP contribution in [0.2, 0.25) is 0 Å². The summed E-state index contributed by atoms with van der Waals surface area (Å²) in [5, 5.41) is 4.55. The maximum absolute atomic E-state index is 4.55. The Morgan fingerprint density at radius 2 is 1.62 bits per heavy atom. The Morgan fingerprint density at radius 1 is 1.08 bits per heavy atom. The Morgan fingerprint density at radius 3 is 1.92 bits per heavy atom. The van der Waals surface area contributed by atoms with E-state index < -0.39 is 0 Å². The molecule has 1 aromatic heterocycles. The molecule has 13 heavy (non-hydrogen) atoms. The lowest BCUT2D eigenvalue weighted by molar-refractivity contribution is 0.367. The van der Waals surface area contributed by atoms with Crippen LogP contribution in [0.4, 0.5) is 0 Å². The molecule has 0 aliphatic rings. The first-order valence-electron chi connectivity index (χ1n) is 4.97. The number of hydrogen-bond acceptors (Lipinski definition) is 1. The molecule has 0 N–H and O–H groups in total. The zero-order valence-electron chi connectivity index (χ0n) is 9.55. The minimum Gasteiger partial charge on any atom is -0.266 e. The summed E-state index contributed by atoms with van der Waals surface area (Å²) in [7, 11) is 0. The largest absolute Gasteiger partial charge is 0.266 e. The van der Waals surface area contributed by atoms with Gasteiger partial charge >= 0.3 is 0 Å². The van der Waals surface area contributed by atoms with Crippen LogP contribution in [0.25, 0.3) is 0 Å². The lowest BCUT2D eigenvalue weighted by Gasteiger charge is -2.17. The molecular formula is C11H20N2. The van der Waals surface area contributed by atoms with Crippen LogP contribution >= 0.6 is 0 Å². The molecule has 1 rings (SSSR count). The van der Waals surface area contributed by atoms with Crippen LogP contribution in [0.1, 0.15) is 43.8 Å².